The van der Waals surface area contributed by atoms with Crippen LogP contribution in [0.4, 0.5) is 16.6 Å². The molecule has 5 saturated heterocycles. The van der Waals surface area contributed by atoms with Gasteiger partial charge in [0.1, 0.15) is 11.9 Å². The Balaban J connectivity index is 0.801. The zero-order chi connectivity index (χ0) is 39.9. The number of rotatable bonds is 9. The SMILES string of the molecule is N#Cc1cnn2c(-c3cc(NC4CCOCC4)c(-c4nnc(N5CC6CCCC(C5)N6CC5CCN(c6ccc(C7CCC(=O)NC7=O)cn6)CC5)s4)cn3)ccc2c1. The number of aromatic nitrogens is 6. The molecule has 5 aromatic heterocycles. The standard InChI is InChI=1S/C43H48N12O3S/c44-20-28-18-31-5-7-38(55(31)47-21-28)37-19-36(48-30-12-16-58-17-13-30)35(23-45-37)42-50-51-43(59-42)53-25-32-2-1-3-33(26-53)54(32)24-27-10-14-52(15-11-27)39-8-4-29(22-46-39)34-6-9-40(56)49-41(34)57/h4-5,7-8,18-19,21-23,27,30,32-34H,1-3,6,9-17,24-26H2,(H,45,48)(H,49,56,57). The number of amides is 2. The topological polar surface area (TPSA) is 170 Å². The van der Waals surface area contributed by atoms with Crippen LogP contribution in [0, 0.1) is 17.2 Å². The molecular weight excluding hydrogens is 765 g/mol. The molecule has 0 aliphatic carbocycles. The van der Waals surface area contributed by atoms with E-state index in [1.54, 1.807) is 17.5 Å². The molecule has 2 bridgehead atoms. The summed E-state index contributed by atoms with van der Waals surface area (Å²) in [5.74, 6) is 0.881. The lowest BCUT2D eigenvalue weighted by Crippen LogP contribution is -2.62. The summed E-state index contributed by atoms with van der Waals surface area (Å²) in [6, 6.07) is 15.4. The van der Waals surface area contributed by atoms with Gasteiger partial charge in [-0.05, 0) is 86.8 Å². The number of anilines is 3. The number of ether oxygens (including phenoxy) is 1. The number of piperazine rings is 1. The van der Waals surface area contributed by atoms with E-state index < -0.39 is 0 Å². The first-order chi connectivity index (χ1) is 29.0. The summed E-state index contributed by atoms with van der Waals surface area (Å²) >= 11 is 1.65. The second kappa shape index (κ2) is 16.3. The Morgan fingerprint density at radius 2 is 1.73 bits per heavy atom. The minimum Gasteiger partial charge on any atom is -0.381 e. The van der Waals surface area contributed by atoms with E-state index in [2.05, 4.69) is 42.6 Å². The molecule has 5 aliphatic rings. The molecule has 5 fully saturated rings. The van der Waals surface area contributed by atoms with Crippen molar-refractivity contribution in [2.45, 2.75) is 81.8 Å². The molecule has 304 valence electrons. The van der Waals surface area contributed by atoms with Crippen molar-refractivity contribution in [3.8, 4) is 28.0 Å². The van der Waals surface area contributed by atoms with Gasteiger partial charge in [0.05, 0.1) is 40.1 Å². The van der Waals surface area contributed by atoms with Gasteiger partial charge in [-0.1, -0.05) is 23.8 Å². The molecule has 5 aromatic rings. The van der Waals surface area contributed by atoms with Crippen molar-refractivity contribution in [1.29, 1.82) is 5.26 Å². The number of carbonyl (C=O) groups is 2. The number of hydrogen-bond donors (Lipinski definition) is 2. The number of piperidine rings is 3. The Hall–Kier alpha value is -5.50. The van der Waals surface area contributed by atoms with E-state index in [1.165, 1.54) is 19.3 Å². The third-order valence-electron chi connectivity index (χ3n) is 13.0. The third kappa shape index (κ3) is 7.74. The van der Waals surface area contributed by atoms with Gasteiger partial charge in [-0.25, -0.2) is 9.50 Å². The van der Waals surface area contributed by atoms with Gasteiger partial charge in [-0.2, -0.15) is 10.4 Å². The van der Waals surface area contributed by atoms with Crippen molar-refractivity contribution in [3.63, 3.8) is 0 Å². The molecule has 0 saturated carbocycles. The molecule has 16 heteroatoms. The fourth-order valence-electron chi connectivity index (χ4n) is 9.75. The van der Waals surface area contributed by atoms with Gasteiger partial charge in [0.2, 0.25) is 16.9 Å². The molecule has 2 N–H and O–H groups in total. The first kappa shape index (κ1) is 37.7. The Morgan fingerprint density at radius 3 is 2.49 bits per heavy atom. The zero-order valence-electron chi connectivity index (χ0n) is 33.0. The van der Waals surface area contributed by atoms with E-state index in [-0.39, 0.29) is 23.8 Å². The molecule has 59 heavy (non-hydrogen) atoms. The van der Waals surface area contributed by atoms with Crippen LogP contribution in [0.5, 0.6) is 0 Å². The van der Waals surface area contributed by atoms with Crippen LogP contribution in [0.1, 0.15) is 74.8 Å². The number of fused-ring (bicyclic) bond motifs is 3. The Kier molecular flexibility index (Phi) is 10.4. The van der Waals surface area contributed by atoms with E-state index in [0.29, 0.717) is 36.4 Å². The number of nitrogens with one attached hydrogen (secondary N) is 2. The van der Waals surface area contributed by atoms with Crippen LogP contribution >= 0.6 is 11.3 Å². The van der Waals surface area contributed by atoms with E-state index in [9.17, 15) is 14.9 Å². The molecule has 0 radical (unpaired) electrons. The highest BCUT2D eigenvalue weighted by atomic mass is 32.1. The monoisotopic (exact) mass is 812 g/mol. The number of nitrogens with zero attached hydrogens (tertiary/aromatic N) is 10. The summed E-state index contributed by atoms with van der Waals surface area (Å²) in [5, 5.41) is 31.6. The van der Waals surface area contributed by atoms with Crippen LogP contribution in [0.15, 0.2) is 55.0 Å². The maximum absolute atomic E-state index is 12.4. The highest BCUT2D eigenvalue weighted by molar-refractivity contribution is 7.18. The highest BCUT2D eigenvalue weighted by Crippen LogP contribution is 2.39. The lowest BCUT2D eigenvalue weighted by atomic mass is 9.88. The summed E-state index contributed by atoms with van der Waals surface area (Å²) < 4.78 is 7.49. The normalized spacial score (nSPS) is 23.3. The van der Waals surface area contributed by atoms with Gasteiger partial charge in [0, 0.05) is 88.6 Å². The Morgan fingerprint density at radius 1 is 0.898 bits per heavy atom. The minimum atomic E-state index is -0.307. The van der Waals surface area contributed by atoms with Crippen LogP contribution in [0.2, 0.25) is 0 Å². The first-order valence-electron chi connectivity index (χ1n) is 21.1. The molecule has 15 nitrogen and oxygen atoms in total. The van der Waals surface area contributed by atoms with Gasteiger partial charge >= 0.3 is 0 Å². The van der Waals surface area contributed by atoms with Crippen LogP contribution in [0.3, 0.4) is 0 Å². The number of pyridine rings is 2. The van der Waals surface area contributed by atoms with Crippen LogP contribution in [-0.2, 0) is 14.3 Å². The summed E-state index contributed by atoms with van der Waals surface area (Å²) in [7, 11) is 0. The van der Waals surface area contributed by atoms with Crippen molar-refractivity contribution in [1.82, 2.24) is 40.0 Å². The summed E-state index contributed by atoms with van der Waals surface area (Å²) in [6.45, 7) is 6.46. The largest absolute Gasteiger partial charge is 0.381 e. The lowest BCUT2D eigenvalue weighted by Gasteiger charge is -2.51. The van der Waals surface area contributed by atoms with Gasteiger partial charge in [0.15, 0.2) is 5.01 Å². The number of carbonyl (C=O) groups excluding carboxylic acids is 2. The van der Waals surface area contributed by atoms with Crippen LogP contribution in [0.25, 0.3) is 27.5 Å². The van der Waals surface area contributed by atoms with Gasteiger partial charge in [0.25, 0.3) is 0 Å². The lowest BCUT2D eigenvalue weighted by molar-refractivity contribution is -0.134. The molecule has 2 amide bonds. The molecular formula is C43H48N12O3S. The zero-order valence-corrected chi connectivity index (χ0v) is 33.8. The minimum absolute atomic E-state index is 0.195. The molecule has 0 aromatic carbocycles. The van der Waals surface area contributed by atoms with E-state index >= 15 is 0 Å². The average molecular weight is 813 g/mol. The van der Waals surface area contributed by atoms with Gasteiger partial charge < -0.3 is 19.9 Å². The molecule has 5 aliphatic heterocycles. The molecule has 0 spiro atoms. The van der Waals surface area contributed by atoms with Crippen LogP contribution < -0.4 is 20.4 Å². The first-order valence-corrected chi connectivity index (χ1v) is 21.9. The van der Waals surface area contributed by atoms with Crippen molar-refractivity contribution in [2.75, 3.05) is 61.1 Å². The van der Waals surface area contributed by atoms with E-state index in [4.69, 9.17) is 24.9 Å². The third-order valence-corrected chi connectivity index (χ3v) is 14.0. The average Bonchev–Trinajstić information content (AvgIpc) is 3.92. The van der Waals surface area contributed by atoms with Crippen molar-refractivity contribution in [2.24, 2.45) is 5.92 Å². The fraction of sp³-hybridized carbons (Fsp3) is 0.488. The van der Waals surface area contributed by atoms with Crippen molar-refractivity contribution >= 4 is 45.3 Å². The predicted octanol–water partition coefficient (Wildman–Crippen LogP) is 5.25. The van der Waals surface area contributed by atoms with Crippen molar-refractivity contribution in [3.05, 3.63) is 66.1 Å². The maximum atomic E-state index is 12.4. The van der Waals surface area contributed by atoms with Crippen LogP contribution in [-0.4, -0.2) is 111 Å². The van der Waals surface area contributed by atoms with Gasteiger partial charge in [-0.15, -0.1) is 10.2 Å². The van der Waals surface area contributed by atoms with Gasteiger partial charge in [-0.3, -0.25) is 24.8 Å². The molecule has 10 heterocycles. The van der Waals surface area contributed by atoms with E-state index in [1.807, 2.05) is 47.2 Å². The quantitative estimate of drug-likeness (QED) is 0.185. The summed E-state index contributed by atoms with van der Waals surface area (Å²) in [5.41, 5.74) is 5.80. The Labute approximate surface area is 346 Å². The second-order valence-corrected chi connectivity index (χ2v) is 17.6. The number of hydrogen-bond acceptors (Lipinski definition) is 14. The number of nitriles is 1. The summed E-state index contributed by atoms with van der Waals surface area (Å²) in [4.78, 5) is 41.3. The van der Waals surface area contributed by atoms with E-state index in [0.717, 1.165) is 121 Å². The molecule has 3 atom stereocenters. The highest BCUT2D eigenvalue weighted by Gasteiger charge is 2.40. The number of imide groups is 1. The predicted molar refractivity (Wildman–Crippen MR) is 224 cm³/mol. The molecule has 10 rings (SSSR count). The second-order valence-electron chi connectivity index (χ2n) is 16.7. The fourth-order valence-corrected chi connectivity index (χ4v) is 10.6. The smallest absolute Gasteiger partial charge is 0.234 e. The molecule has 3 unspecified atom stereocenters. The van der Waals surface area contributed by atoms with Crippen molar-refractivity contribution < 1.29 is 14.3 Å². The Bertz CT molecular complexity index is 2360. The summed E-state index contributed by atoms with van der Waals surface area (Å²) in [6.07, 6.45) is 14.0. The maximum Gasteiger partial charge on any atom is 0.234 e.